The van der Waals surface area contributed by atoms with E-state index in [0.717, 1.165) is 9.87 Å². The Kier molecular flexibility index (Phi) is 10.3. The van der Waals surface area contributed by atoms with Crippen LogP contribution in [0.15, 0.2) is 77.7 Å². The number of amides is 2. The first-order valence-corrected chi connectivity index (χ1v) is 14.5. The second-order valence-electron chi connectivity index (χ2n) is 9.61. The highest BCUT2D eigenvalue weighted by Gasteiger charge is 2.34. The van der Waals surface area contributed by atoms with Gasteiger partial charge in [-0.05, 0) is 63.1 Å². The van der Waals surface area contributed by atoms with Crippen molar-refractivity contribution in [3.8, 4) is 5.75 Å². The Labute approximate surface area is 235 Å². The van der Waals surface area contributed by atoms with Gasteiger partial charge in [-0.1, -0.05) is 49.4 Å². The van der Waals surface area contributed by atoms with Gasteiger partial charge in [-0.2, -0.15) is 0 Å². The van der Waals surface area contributed by atoms with Crippen molar-refractivity contribution < 1.29 is 27.1 Å². The molecule has 10 heteroatoms. The lowest BCUT2D eigenvalue weighted by Gasteiger charge is -2.33. The monoisotopic (exact) mass is 569 g/mol. The summed E-state index contributed by atoms with van der Waals surface area (Å²) in [5.41, 5.74) is 1.12. The van der Waals surface area contributed by atoms with Gasteiger partial charge in [0, 0.05) is 18.2 Å². The van der Waals surface area contributed by atoms with Gasteiger partial charge in [0.25, 0.3) is 10.0 Å². The molecule has 0 radical (unpaired) electrons. The summed E-state index contributed by atoms with van der Waals surface area (Å²) in [6.07, 6.45) is 0.677. The smallest absolute Gasteiger partial charge is 0.264 e. The lowest BCUT2D eigenvalue weighted by Crippen LogP contribution is -2.52. The van der Waals surface area contributed by atoms with Crippen molar-refractivity contribution in [3.05, 3.63) is 89.7 Å². The third-order valence-electron chi connectivity index (χ3n) is 6.68. The predicted octanol–water partition coefficient (Wildman–Crippen LogP) is 4.67. The van der Waals surface area contributed by atoms with Gasteiger partial charge >= 0.3 is 0 Å². The number of sulfonamides is 1. The molecule has 0 fully saturated rings. The van der Waals surface area contributed by atoms with Gasteiger partial charge in [0.2, 0.25) is 11.8 Å². The normalized spacial score (nSPS) is 12.8. The molecule has 2 amide bonds. The number of hydrogen-bond acceptors (Lipinski definition) is 5. The van der Waals surface area contributed by atoms with Crippen molar-refractivity contribution in [1.29, 1.82) is 0 Å². The van der Waals surface area contributed by atoms with Gasteiger partial charge in [-0.25, -0.2) is 12.8 Å². The molecule has 3 aromatic carbocycles. The minimum absolute atomic E-state index is 0.0189. The van der Waals surface area contributed by atoms with Crippen LogP contribution >= 0.6 is 0 Å². The molecular formula is C30H36FN3O5S. The lowest BCUT2D eigenvalue weighted by atomic mass is 10.1. The van der Waals surface area contributed by atoms with Crippen LogP contribution < -0.4 is 14.4 Å². The van der Waals surface area contributed by atoms with E-state index in [4.69, 9.17) is 4.74 Å². The summed E-state index contributed by atoms with van der Waals surface area (Å²) < 4.78 is 49.0. The van der Waals surface area contributed by atoms with E-state index in [0.29, 0.717) is 6.42 Å². The molecular weight excluding hydrogens is 533 g/mol. The van der Waals surface area contributed by atoms with Gasteiger partial charge in [0.15, 0.2) is 0 Å². The van der Waals surface area contributed by atoms with Crippen LogP contribution in [0.25, 0.3) is 0 Å². The number of ether oxygens (including phenoxy) is 1. The zero-order valence-corrected chi connectivity index (χ0v) is 24.2. The largest absolute Gasteiger partial charge is 0.495 e. The fraction of sp³-hybridized carbons (Fsp3) is 0.333. The highest BCUT2D eigenvalue weighted by atomic mass is 32.2. The van der Waals surface area contributed by atoms with Crippen molar-refractivity contribution in [2.24, 2.45) is 0 Å². The van der Waals surface area contributed by atoms with E-state index in [1.54, 1.807) is 56.3 Å². The minimum Gasteiger partial charge on any atom is -0.495 e. The quantitative estimate of drug-likeness (QED) is 0.342. The fourth-order valence-corrected chi connectivity index (χ4v) is 5.52. The number of nitrogens with zero attached hydrogens (tertiary/aromatic N) is 2. The number of carbonyl (C=O) groups excluding carboxylic acids is 2. The Morgan fingerprint density at radius 3 is 2.27 bits per heavy atom. The van der Waals surface area contributed by atoms with Crippen LogP contribution in [-0.2, 0) is 26.2 Å². The van der Waals surface area contributed by atoms with Crippen molar-refractivity contribution >= 4 is 27.5 Å². The first-order valence-electron chi connectivity index (χ1n) is 13.0. The van der Waals surface area contributed by atoms with E-state index in [1.165, 1.54) is 42.3 Å². The van der Waals surface area contributed by atoms with Gasteiger partial charge in [-0.15, -0.1) is 0 Å². The highest BCUT2D eigenvalue weighted by molar-refractivity contribution is 7.92. The molecule has 40 heavy (non-hydrogen) atoms. The van der Waals surface area contributed by atoms with E-state index >= 15 is 0 Å². The molecule has 3 aromatic rings. The van der Waals surface area contributed by atoms with Crippen LogP contribution in [0.5, 0.6) is 5.75 Å². The second-order valence-corrected chi connectivity index (χ2v) is 11.5. The molecule has 0 bridgehead atoms. The van der Waals surface area contributed by atoms with Gasteiger partial charge in [-0.3, -0.25) is 13.9 Å². The van der Waals surface area contributed by atoms with Crippen LogP contribution in [-0.4, -0.2) is 50.9 Å². The maximum Gasteiger partial charge on any atom is 0.264 e. The Morgan fingerprint density at radius 1 is 1.00 bits per heavy atom. The summed E-state index contributed by atoms with van der Waals surface area (Å²) in [5.74, 6) is -1.40. The lowest BCUT2D eigenvalue weighted by molar-refractivity contribution is -0.139. The molecule has 0 saturated heterocycles. The Hall–Kier alpha value is -3.92. The van der Waals surface area contributed by atoms with E-state index in [2.05, 4.69) is 5.32 Å². The summed E-state index contributed by atoms with van der Waals surface area (Å²) in [7, 11) is -2.84. The molecule has 0 aliphatic rings. The molecule has 2 atom stereocenters. The fourth-order valence-electron chi connectivity index (χ4n) is 4.09. The zero-order chi connectivity index (χ0) is 29.4. The third kappa shape index (κ3) is 7.18. The maximum absolute atomic E-state index is 14.7. The topological polar surface area (TPSA) is 96.0 Å². The number of halogens is 1. The Balaban J connectivity index is 2.09. The van der Waals surface area contributed by atoms with Crippen LogP contribution in [0.4, 0.5) is 10.1 Å². The standard InChI is InChI=1S/C30H36FN3O5S/c1-6-22(3)32-30(36)23(4)33(19-24-12-10-11-15-26(24)31)29(35)20-34(27-18-21(2)16-17-28(27)39-5)40(37,38)25-13-8-7-9-14-25/h7-18,22-23H,6,19-20H2,1-5H3,(H,32,36)/t22-,23-/m0/s1. The molecule has 0 spiro atoms. The van der Waals surface area contributed by atoms with Crippen molar-refractivity contribution in [1.82, 2.24) is 10.2 Å². The number of benzene rings is 3. The summed E-state index contributed by atoms with van der Waals surface area (Å²) in [4.78, 5) is 28.3. The summed E-state index contributed by atoms with van der Waals surface area (Å²) >= 11 is 0. The average Bonchev–Trinajstić information content (AvgIpc) is 2.95. The van der Waals surface area contributed by atoms with Gasteiger partial charge in [0.05, 0.1) is 17.7 Å². The predicted molar refractivity (Wildman–Crippen MR) is 153 cm³/mol. The number of nitrogens with one attached hydrogen (secondary N) is 1. The van der Waals surface area contributed by atoms with Crippen LogP contribution in [0.2, 0.25) is 0 Å². The molecule has 1 N–H and O–H groups in total. The number of carbonyl (C=O) groups is 2. The minimum atomic E-state index is -4.25. The Morgan fingerprint density at radius 2 is 1.65 bits per heavy atom. The van der Waals surface area contributed by atoms with Crippen molar-refractivity contribution in [2.45, 2.75) is 57.6 Å². The molecule has 0 saturated carbocycles. The van der Waals surface area contributed by atoms with E-state index < -0.39 is 40.2 Å². The summed E-state index contributed by atoms with van der Waals surface area (Å²) in [6.45, 7) is 6.21. The number of aryl methyl sites for hydroxylation is 1. The first kappa shape index (κ1) is 30.6. The van der Waals surface area contributed by atoms with Crippen LogP contribution in [0.1, 0.15) is 38.3 Å². The molecule has 8 nitrogen and oxygen atoms in total. The molecule has 0 aliphatic heterocycles. The van der Waals surface area contributed by atoms with E-state index in [-0.39, 0.29) is 34.5 Å². The number of rotatable bonds is 12. The maximum atomic E-state index is 14.7. The molecule has 0 heterocycles. The number of anilines is 1. The van der Waals surface area contributed by atoms with Crippen molar-refractivity contribution in [2.75, 3.05) is 18.0 Å². The molecule has 214 valence electrons. The zero-order valence-electron chi connectivity index (χ0n) is 23.4. The van der Waals surface area contributed by atoms with Gasteiger partial charge < -0.3 is 15.0 Å². The van der Waals surface area contributed by atoms with E-state index in [1.807, 2.05) is 13.8 Å². The number of methoxy groups -OCH3 is 1. The second kappa shape index (κ2) is 13.4. The molecule has 3 rings (SSSR count). The average molecular weight is 570 g/mol. The first-order chi connectivity index (χ1) is 19.0. The van der Waals surface area contributed by atoms with Gasteiger partial charge in [0.1, 0.15) is 24.2 Å². The van der Waals surface area contributed by atoms with E-state index in [9.17, 15) is 22.4 Å². The molecule has 0 aromatic heterocycles. The van der Waals surface area contributed by atoms with Crippen LogP contribution in [0.3, 0.4) is 0 Å². The number of hydrogen-bond donors (Lipinski definition) is 1. The van der Waals surface area contributed by atoms with Crippen molar-refractivity contribution in [3.63, 3.8) is 0 Å². The summed E-state index contributed by atoms with van der Waals surface area (Å²) in [6, 6.07) is 17.6. The Bertz CT molecular complexity index is 1430. The third-order valence-corrected chi connectivity index (χ3v) is 8.45. The summed E-state index contributed by atoms with van der Waals surface area (Å²) in [5, 5.41) is 2.85. The van der Waals surface area contributed by atoms with Crippen LogP contribution in [0, 0.1) is 12.7 Å². The highest BCUT2D eigenvalue weighted by Crippen LogP contribution is 2.33. The molecule has 0 unspecified atom stereocenters. The SMILES string of the molecule is CC[C@H](C)NC(=O)[C@H](C)N(Cc1ccccc1F)C(=O)CN(c1cc(C)ccc1OC)S(=O)(=O)c1ccccc1. The molecule has 0 aliphatic carbocycles.